The van der Waals surface area contributed by atoms with Crippen molar-refractivity contribution >= 4 is 12.0 Å². The van der Waals surface area contributed by atoms with Gasteiger partial charge in [-0.1, -0.05) is 13.8 Å². The molecule has 122 valence electrons. The summed E-state index contributed by atoms with van der Waals surface area (Å²) in [5, 5.41) is 6.30. The average molecular weight is 299 g/mol. The first-order chi connectivity index (χ1) is 10.0. The van der Waals surface area contributed by atoms with E-state index in [0.717, 1.165) is 19.4 Å². The van der Waals surface area contributed by atoms with Gasteiger partial charge in [-0.05, 0) is 32.2 Å². The SMILES string of the molecule is CCOC(=O)N1CCC(NC(=O)CCNCC(C)C)CC1. The molecule has 1 saturated heterocycles. The summed E-state index contributed by atoms with van der Waals surface area (Å²) in [6, 6.07) is 0.174. The second kappa shape index (κ2) is 9.60. The van der Waals surface area contributed by atoms with Crippen LogP contribution in [0.25, 0.3) is 0 Å². The van der Waals surface area contributed by atoms with Gasteiger partial charge in [-0.15, -0.1) is 0 Å². The van der Waals surface area contributed by atoms with E-state index in [-0.39, 0.29) is 18.0 Å². The molecule has 1 heterocycles. The van der Waals surface area contributed by atoms with Crippen molar-refractivity contribution in [3.63, 3.8) is 0 Å². The number of carbonyl (C=O) groups is 2. The predicted molar refractivity (Wildman–Crippen MR) is 82.1 cm³/mol. The topological polar surface area (TPSA) is 70.7 Å². The van der Waals surface area contributed by atoms with Gasteiger partial charge in [0.05, 0.1) is 6.61 Å². The summed E-state index contributed by atoms with van der Waals surface area (Å²) in [7, 11) is 0. The summed E-state index contributed by atoms with van der Waals surface area (Å²) in [5.41, 5.74) is 0. The molecule has 0 spiro atoms. The zero-order valence-corrected chi connectivity index (χ0v) is 13.5. The van der Waals surface area contributed by atoms with Crippen molar-refractivity contribution in [2.75, 3.05) is 32.8 Å². The van der Waals surface area contributed by atoms with Crippen LogP contribution in [0.2, 0.25) is 0 Å². The minimum Gasteiger partial charge on any atom is -0.450 e. The van der Waals surface area contributed by atoms with Crippen LogP contribution < -0.4 is 10.6 Å². The van der Waals surface area contributed by atoms with Gasteiger partial charge in [0, 0.05) is 32.1 Å². The third-order valence-corrected chi connectivity index (χ3v) is 3.47. The number of carbonyl (C=O) groups excluding carboxylic acids is 2. The molecule has 21 heavy (non-hydrogen) atoms. The minimum absolute atomic E-state index is 0.0841. The Morgan fingerprint density at radius 3 is 2.52 bits per heavy atom. The molecular weight excluding hydrogens is 270 g/mol. The molecular formula is C15H29N3O3. The molecule has 1 aliphatic rings. The molecule has 0 aliphatic carbocycles. The van der Waals surface area contributed by atoms with Crippen molar-refractivity contribution in [1.82, 2.24) is 15.5 Å². The Kier molecular flexibility index (Phi) is 8.12. The van der Waals surface area contributed by atoms with Crippen molar-refractivity contribution in [3.05, 3.63) is 0 Å². The Hall–Kier alpha value is -1.30. The first kappa shape index (κ1) is 17.8. The zero-order chi connectivity index (χ0) is 15.7. The molecule has 1 fully saturated rings. The first-order valence-corrected chi connectivity index (χ1v) is 7.94. The van der Waals surface area contributed by atoms with Crippen LogP contribution in [0.15, 0.2) is 0 Å². The van der Waals surface area contributed by atoms with Gasteiger partial charge in [-0.25, -0.2) is 4.79 Å². The largest absolute Gasteiger partial charge is 0.450 e. The van der Waals surface area contributed by atoms with Crippen LogP contribution >= 0.6 is 0 Å². The second-order valence-electron chi connectivity index (χ2n) is 5.88. The van der Waals surface area contributed by atoms with Gasteiger partial charge in [0.15, 0.2) is 0 Å². The van der Waals surface area contributed by atoms with Gasteiger partial charge in [0.25, 0.3) is 0 Å². The highest BCUT2D eigenvalue weighted by Crippen LogP contribution is 2.11. The van der Waals surface area contributed by atoms with E-state index in [1.165, 1.54) is 0 Å². The molecule has 0 aromatic heterocycles. The van der Waals surface area contributed by atoms with Crippen molar-refractivity contribution in [2.24, 2.45) is 5.92 Å². The lowest BCUT2D eigenvalue weighted by Gasteiger charge is -2.31. The van der Waals surface area contributed by atoms with E-state index in [0.29, 0.717) is 38.6 Å². The number of rotatable bonds is 7. The Labute approximate surface area is 127 Å². The molecule has 1 aliphatic heterocycles. The van der Waals surface area contributed by atoms with E-state index >= 15 is 0 Å². The molecule has 0 unspecified atom stereocenters. The molecule has 0 radical (unpaired) electrons. The lowest BCUT2D eigenvalue weighted by atomic mass is 10.1. The fraction of sp³-hybridized carbons (Fsp3) is 0.867. The summed E-state index contributed by atoms with van der Waals surface area (Å²) < 4.78 is 4.97. The number of likely N-dealkylation sites (tertiary alicyclic amines) is 1. The maximum atomic E-state index is 11.8. The molecule has 0 bridgehead atoms. The number of hydrogen-bond acceptors (Lipinski definition) is 4. The molecule has 0 saturated carbocycles. The fourth-order valence-corrected chi connectivity index (χ4v) is 2.31. The Morgan fingerprint density at radius 1 is 1.29 bits per heavy atom. The summed E-state index contributed by atoms with van der Waals surface area (Å²) in [6.07, 6.45) is 1.85. The molecule has 6 nitrogen and oxygen atoms in total. The van der Waals surface area contributed by atoms with E-state index in [4.69, 9.17) is 4.74 Å². The molecule has 2 amide bonds. The summed E-state index contributed by atoms with van der Waals surface area (Å²) >= 11 is 0. The number of nitrogens with one attached hydrogen (secondary N) is 2. The maximum absolute atomic E-state index is 11.8. The van der Waals surface area contributed by atoms with E-state index in [2.05, 4.69) is 24.5 Å². The third-order valence-electron chi connectivity index (χ3n) is 3.47. The number of piperidine rings is 1. The Morgan fingerprint density at radius 2 is 1.95 bits per heavy atom. The average Bonchev–Trinajstić information content (AvgIpc) is 2.44. The summed E-state index contributed by atoms with van der Waals surface area (Å²) in [4.78, 5) is 25.1. The van der Waals surface area contributed by atoms with Crippen LogP contribution in [0.3, 0.4) is 0 Å². The maximum Gasteiger partial charge on any atom is 0.409 e. The first-order valence-electron chi connectivity index (χ1n) is 7.94. The third kappa shape index (κ3) is 7.32. The lowest BCUT2D eigenvalue weighted by molar-refractivity contribution is -0.122. The molecule has 0 atom stereocenters. The van der Waals surface area contributed by atoms with E-state index in [9.17, 15) is 9.59 Å². The van der Waals surface area contributed by atoms with Gasteiger partial charge in [0.1, 0.15) is 0 Å². The second-order valence-corrected chi connectivity index (χ2v) is 5.88. The standard InChI is InChI=1S/C15H29N3O3/c1-4-21-15(20)18-9-6-13(7-10-18)17-14(19)5-8-16-11-12(2)3/h12-13,16H,4-11H2,1-3H3,(H,17,19). The van der Waals surface area contributed by atoms with Crippen LogP contribution in [0.1, 0.15) is 40.0 Å². The lowest BCUT2D eigenvalue weighted by Crippen LogP contribution is -2.47. The van der Waals surface area contributed by atoms with E-state index in [1.54, 1.807) is 11.8 Å². The molecule has 1 rings (SSSR count). The normalized spacial score (nSPS) is 16.1. The van der Waals surface area contributed by atoms with Crippen LogP contribution in [0.5, 0.6) is 0 Å². The Balaban J connectivity index is 2.14. The van der Waals surface area contributed by atoms with E-state index < -0.39 is 0 Å². The van der Waals surface area contributed by atoms with Gasteiger partial charge in [-0.2, -0.15) is 0 Å². The highest BCUT2D eigenvalue weighted by Gasteiger charge is 2.24. The van der Waals surface area contributed by atoms with Gasteiger partial charge in [0.2, 0.25) is 5.91 Å². The van der Waals surface area contributed by atoms with Crippen molar-refractivity contribution in [2.45, 2.75) is 46.1 Å². The smallest absolute Gasteiger partial charge is 0.409 e. The van der Waals surface area contributed by atoms with E-state index in [1.807, 2.05) is 0 Å². The highest BCUT2D eigenvalue weighted by atomic mass is 16.6. The summed E-state index contributed by atoms with van der Waals surface area (Å²) in [6.45, 7) is 9.44. The van der Waals surface area contributed by atoms with Gasteiger partial charge >= 0.3 is 6.09 Å². The molecule has 2 N–H and O–H groups in total. The molecule has 0 aromatic rings. The fourth-order valence-electron chi connectivity index (χ4n) is 2.31. The molecule has 0 aromatic carbocycles. The highest BCUT2D eigenvalue weighted by molar-refractivity contribution is 5.76. The quantitative estimate of drug-likeness (QED) is 0.696. The monoisotopic (exact) mass is 299 g/mol. The minimum atomic E-state index is -0.250. The van der Waals surface area contributed by atoms with Crippen molar-refractivity contribution < 1.29 is 14.3 Å². The van der Waals surface area contributed by atoms with Crippen LogP contribution in [0.4, 0.5) is 4.79 Å². The zero-order valence-electron chi connectivity index (χ0n) is 13.5. The number of hydrogen-bond donors (Lipinski definition) is 2. The van der Waals surface area contributed by atoms with Gasteiger partial charge < -0.3 is 20.3 Å². The van der Waals surface area contributed by atoms with Crippen LogP contribution in [-0.2, 0) is 9.53 Å². The Bertz CT molecular complexity index is 326. The summed E-state index contributed by atoms with van der Waals surface area (Å²) in [5.74, 6) is 0.682. The molecule has 6 heteroatoms. The number of amides is 2. The van der Waals surface area contributed by atoms with Crippen LogP contribution in [0, 0.1) is 5.92 Å². The van der Waals surface area contributed by atoms with Crippen molar-refractivity contribution in [1.29, 1.82) is 0 Å². The number of nitrogens with zero attached hydrogens (tertiary/aromatic N) is 1. The van der Waals surface area contributed by atoms with Crippen LogP contribution in [-0.4, -0.2) is 55.7 Å². The predicted octanol–water partition coefficient (Wildman–Crippen LogP) is 1.36. The van der Waals surface area contributed by atoms with Crippen molar-refractivity contribution in [3.8, 4) is 0 Å². The number of ether oxygens (including phenoxy) is 1. The van der Waals surface area contributed by atoms with Gasteiger partial charge in [-0.3, -0.25) is 4.79 Å².